The van der Waals surface area contributed by atoms with Gasteiger partial charge in [0.15, 0.2) is 5.96 Å². The monoisotopic (exact) mass is 408 g/mol. The van der Waals surface area contributed by atoms with Crippen LogP contribution in [0.5, 0.6) is 0 Å². The third-order valence-electron chi connectivity index (χ3n) is 5.47. The number of aliphatic hydroxyl groups is 1. The van der Waals surface area contributed by atoms with E-state index in [9.17, 15) is 5.11 Å². The highest BCUT2D eigenvalue weighted by Crippen LogP contribution is 2.48. The van der Waals surface area contributed by atoms with E-state index in [1.807, 2.05) is 26.0 Å². The summed E-state index contributed by atoms with van der Waals surface area (Å²) in [6.07, 6.45) is 2.29. The molecule has 1 saturated heterocycles. The van der Waals surface area contributed by atoms with Crippen molar-refractivity contribution in [2.24, 2.45) is 4.99 Å². The average Bonchev–Trinajstić information content (AvgIpc) is 3.46. The van der Waals surface area contributed by atoms with Gasteiger partial charge in [-0.3, -0.25) is 9.89 Å². The number of halogens is 1. The molecule has 0 radical (unpaired) electrons. The van der Waals surface area contributed by atoms with Crippen LogP contribution in [0.4, 0.5) is 0 Å². The van der Waals surface area contributed by atoms with Gasteiger partial charge in [0.05, 0.1) is 25.4 Å². The minimum Gasteiger partial charge on any atom is -0.387 e. The molecule has 3 N–H and O–H groups in total. The summed E-state index contributed by atoms with van der Waals surface area (Å²) >= 11 is 6.17. The van der Waals surface area contributed by atoms with Crippen LogP contribution in [-0.4, -0.2) is 74.0 Å². The Labute approximate surface area is 173 Å². The van der Waals surface area contributed by atoms with Crippen LogP contribution in [0.1, 0.15) is 32.3 Å². The van der Waals surface area contributed by atoms with Crippen molar-refractivity contribution in [1.82, 2.24) is 15.5 Å². The molecule has 0 amide bonds. The molecule has 2 aliphatic rings. The number of nitrogens with one attached hydrogen (secondary N) is 2. The van der Waals surface area contributed by atoms with Crippen LogP contribution in [0.25, 0.3) is 0 Å². The number of aliphatic imine (C=N–C) groups is 1. The first-order valence-corrected chi connectivity index (χ1v) is 10.6. The molecule has 0 bridgehead atoms. The molecule has 156 valence electrons. The van der Waals surface area contributed by atoms with Crippen molar-refractivity contribution in [1.29, 1.82) is 0 Å². The van der Waals surface area contributed by atoms with Crippen molar-refractivity contribution in [3.8, 4) is 0 Å². The van der Waals surface area contributed by atoms with Gasteiger partial charge in [0.1, 0.15) is 0 Å². The number of hydrogen-bond donors (Lipinski definition) is 3. The lowest BCUT2D eigenvalue weighted by atomic mass is 9.96. The summed E-state index contributed by atoms with van der Waals surface area (Å²) in [5.74, 6) is 0.748. The molecule has 1 aromatic carbocycles. The van der Waals surface area contributed by atoms with Crippen LogP contribution < -0.4 is 10.6 Å². The summed E-state index contributed by atoms with van der Waals surface area (Å²) in [5, 5.41) is 18.3. The fourth-order valence-electron chi connectivity index (χ4n) is 3.67. The molecular formula is C21H33ClN4O2. The molecule has 3 rings (SSSR count). The minimum absolute atomic E-state index is 0.136. The van der Waals surface area contributed by atoms with Gasteiger partial charge in [0.25, 0.3) is 0 Å². The Morgan fingerprint density at radius 1 is 1.32 bits per heavy atom. The summed E-state index contributed by atoms with van der Waals surface area (Å²) in [4.78, 5) is 6.89. The summed E-state index contributed by atoms with van der Waals surface area (Å²) in [6.45, 7) is 9.63. The molecule has 1 saturated carbocycles. The van der Waals surface area contributed by atoms with Crippen LogP contribution in [0.3, 0.4) is 0 Å². The van der Waals surface area contributed by atoms with Crippen LogP contribution in [-0.2, 0) is 10.2 Å². The lowest BCUT2D eigenvalue weighted by Gasteiger charge is -2.33. The lowest BCUT2D eigenvalue weighted by molar-refractivity contribution is -0.0179. The number of nitrogens with zero attached hydrogens (tertiary/aromatic N) is 2. The zero-order valence-electron chi connectivity index (χ0n) is 17.0. The van der Waals surface area contributed by atoms with Gasteiger partial charge in [-0.05, 0) is 44.4 Å². The van der Waals surface area contributed by atoms with Crippen molar-refractivity contribution in [2.45, 2.75) is 37.7 Å². The first-order chi connectivity index (χ1) is 13.4. The SMILES string of the molecule is CCNC(=NCC(C)(O)CN1CCOCC1)NCC1(c2cccc(Cl)c2)CC1. The summed E-state index contributed by atoms with van der Waals surface area (Å²) in [5.41, 5.74) is 0.545. The van der Waals surface area contributed by atoms with Gasteiger partial charge < -0.3 is 20.5 Å². The molecule has 2 fully saturated rings. The van der Waals surface area contributed by atoms with E-state index in [1.54, 1.807) is 0 Å². The third kappa shape index (κ3) is 6.08. The molecular weight excluding hydrogens is 376 g/mol. The highest BCUT2D eigenvalue weighted by Gasteiger charge is 2.44. The first-order valence-electron chi connectivity index (χ1n) is 10.2. The second kappa shape index (κ2) is 9.44. The second-order valence-corrected chi connectivity index (χ2v) is 8.66. The van der Waals surface area contributed by atoms with Crippen molar-refractivity contribution < 1.29 is 9.84 Å². The van der Waals surface area contributed by atoms with E-state index in [-0.39, 0.29) is 5.41 Å². The maximum atomic E-state index is 10.8. The van der Waals surface area contributed by atoms with E-state index >= 15 is 0 Å². The van der Waals surface area contributed by atoms with E-state index in [4.69, 9.17) is 16.3 Å². The molecule has 0 spiro atoms. The zero-order chi connectivity index (χ0) is 20.0. The molecule has 1 aromatic rings. The van der Waals surface area contributed by atoms with Gasteiger partial charge in [-0.1, -0.05) is 23.7 Å². The number of ether oxygens (including phenoxy) is 1. The number of hydrogen-bond acceptors (Lipinski definition) is 4. The lowest BCUT2D eigenvalue weighted by Crippen LogP contribution is -2.48. The molecule has 6 nitrogen and oxygen atoms in total. The van der Waals surface area contributed by atoms with Crippen molar-refractivity contribution in [3.63, 3.8) is 0 Å². The van der Waals surface area contributed by atoms with E-state index in [0.717, 1.165) is 63.2 Å². The quantitative estimate of drug-likeness (QED) is 0.453. The fourth-order valence-corrected chi connectivity index (χ4v) is 3.86. The van der Waals surface area contributed by atoms with E-state index in [1.165, 1.54) is 5.56 Å². The average molecular weight is 409 g/mol. The first kappa shape index (κ1) is 21.4. The predicted octanol–water partition coefficient (Wildman–Crippen LogP) is 2.01. The Balaban J connectivity index is 1.56. The third-order valence-corrected chi connectivity index (χ3v) is 5.71. The van der Waals surface area contributed by atoms with E-state index in [2.05, 4.69) is 32.7 Å². The van der Waals surface area contributed by atoms with Crippen molar-refractivity contribution in [2.75, 3.05) is 52.5 Å². The molecule has 1 heterocycles. The van der Waals surface area contributed by atoms with Gasteiger partial charge in [-0.2, -0.15) is 0 Å². The van der Waals surface area contributed by atoms with Gasteiger partial charge in [0.2, 0.25) is 0 Å². The van der Waals surface area contributed by atoms with Crippen LogP contribution in [0.15, 0.2) is 29.3 Å². The molecule has 1 unspecified atom stereocenters. The van der Waals surface area contributed by atoms with Gasteiger partial charge >= 0.3 is 0 Å². The molecule has 28 heavy (non-hydrogen) atoms. The molecule has 0 aromatic heterocycles. The highest BCUT2D eigenvalue weighted by atomic mass is 35.5. The standard InChI is InChI=1S/C21H33ClN4O2/c1-3-23-19(24-14-20(2,27)16-26-9-11-28-12-10-26)25-15-21(7-8-21)17-5-4-6-18(22)13-17/h4-6,13,27H,3,7-12,14-16H2,1-2H3,(H2,23,24,25). The number of rotatable bonds is 8. The predicted molar refractivity (Wildman–Crippen MR) is 114 cm³/mol. The molecule has 1 aliphatic heterocycles. The number of morpholine rings is 1. The largest absolute Gasteiger partial charge is 0.387 e. The summed E-state index contributed by atoms with van der Waals surface area (Å²) < 4.78 is 5.38. The van der Waals surface area contributed by atoms with Gasteiger partial charge in [0, 0.05) is 43.2 Å². The Kier molecular flexibility index (Phi) is 7.20. The fraction of sp³-hybridized carbons (Fsp3) is 0.667. The normalized spacial score (nSPS) is 21.8. The van der Waals surface area contributed by atoms with Crippen LogP contribution >= 0.6 is 11.6 Å². The van der Waals surface area contributed by atoms with Crippen LogP contribution in [0, 0.1) is 0 Å². The van der Waals surface area contributed by atoms with Crippen molar-refractivity contribution in [3.05, 3.63) is 34.9 Å². The highest BCUT2D eigenvalue weighted by molar-refractivity contribution is 6.30. The molecule has 7 heteroatoms. The summed E-state index contributed by atoms with van der Waals surface area (Å²) in [7, 11) is 0. The van der Waals surface area contributed by atoms with Crippen molar-refractivity contribution >= 4 is 17.6 Å². The van der Waals surface area contributed by atoms with E-state index in [0.29, 0.717) is 13.1 Å². The topological polar surface area (TPSA) is 69.1 Å². The second-order valence-electron chi connectivity index (χ2n) is 8.22. The Hall–Kier alpha value is -1.34. The van der Waals surface area contributed by atoms with Crippen LogP contribution in [0.2, 0.25) is 5.02 Å². The maximum absolute atomic E-state index is 10.8. The molecule has 1 atom stereocenters. The maximum Gasteiger partial charge on any atom is 0.191 e. The Morgan fingerprint density at radius 3 is 2.71 bits per heavy atom. The Morgan fingerprint density at radius 2 is 2.07 bits per heavy atom. The van der Waals surface area contributed by atoms with E-state index < -0.39 is 5.60 Å². The molecule has 1 aliphatic carbocycles. The summed E-state index contributed by atoms with van der Waals surface area (Å²) in [6, 6.07) is 8.14. The minimum atomic E-state index is -0.871. The zero-order valence-corrected chi connectivity index (χ0v) is 17.8. The number of β-amino-alcohol motifs (C(OH)–C–C–N with tert-alkyl or cyclic N) is 1. The number of guanidine groups is 1. The van der Waals surface area contributed by atoms with Gasteiger partial charge in [-0.25, -0.2) is 0 Å². The Bertz CT molecular complexity index is 670. The van der Waals surface area contributed by atoms with Gasteiger partial charge in [-0.15, -0.1) is 0 Å². The smallest absolute Gasteiger partial charge is 0.191 e. The number of benzene rings is 1.